The Bertz CT molecular complexity index is 1910. The van der Waals surface area contributed by atoms with Gasteiger partial charge in [0.2, 0.25) is 5.91 Å². The predicted octanol–water partition coefficient (Wildman–Crippen LogP) is 7.85. The fraction of sp³-hybridized carbons (Fsp3) is 0.333. The number of ketones is 1. The first-order chi connectivity index (χ1) is 23.3. The molecule has 3 heterocycles. The van der Waals surface area contributed by atoms with Gasteiger partial charge in [0, 0.05) is 53.1 Å². The van der Waals surface area contributed by atoms with Gasteiger partial charge in [-0.15, -0.1) is 11.3 Å². The third-order valence-electron chi connectivity index (χ3n) is 9.06. The number of piperidine rings is 1. The van der Waals surface area contributed by atoms with Crippen LogP contribution in [0.2, 0.25) is 0 Å². The zero-order chi connectivity index (χ0) is 33.6. The van der Waals surface area contributed by atoms with E-state index in [9.17, 15) is 19.6 Å². The molecule has 1 unspecified atom stereocenters. The second-order valence-corrected chi connectivity index (χ2v) is 15.1. The van der Waals surface area contributed by atoms with Gasteiger partial charge >= 0.3 is 0 Å². The number of hydrogen-bond acceptors (Lipinski definition) is 7. The van der Waals surface area contributed by atoms with Crippen molar-refractivity contribution < 1.29 is 14.4 Å². The first kappa shape index (κ1) is 33.7. The number of thiophene rings is 1. The summed E-state index contributed by atoms with van der Waals surface area (Å²) in [4.78, 5) is 44.7. The highest BCUT2D eigenvalue weighted by Crippen LogP contribution is 2.37. The van der Waals surface area contributed by atoms with Crippen molar-refractivity contribution in [1.29, 1.82) is 5.26 Å². The molecule has 0 radical (unpaired) electrons. The summed E-state index contributed by atoms with van der Waals surface area (Å²) in [6.07, 6.45) is 4.99. The number of carbonyl (C=O) groups excluding carboxylic acids is 3. The summed E-state index contributed by atoms with van der Waals surface area (Å²) in [5, 5.41) is 15.9. The molecule has 246 valence electrons. The van der Waals surface area contributed by atoms with Gasteiger partial charge in [-0.05, 0) is 73.7 Å². The number of nitrogens with one attached hydrogen (secondary N) is 1. The van der Waals surface area contributed by atoms with Crippen LogP contribution >= 0.6 is 23.1 Å². The van der Waals surface area contributed by atoms with E-state index in [1.54, 1.807) is 12.1 Å². The lowest BCUT2D eigenvalue weighted by Gasteiger charge is -2.33. The number of allylic oxidation sites excluding steroid dienone is 2. The molecular weight excluding hydrogens is 637 g/mol. The van der Waals surface area contributed by atoms with E-state index in [1.807, 2.05) is 85.1 Å². The van der Waals surface area contributed by atoms with Crippen LogP contribution in [-0.4, -0.2) is 58.8 Å². The average Bonchev–Trinajstić information content (AvgIpc) is 3.45. The maximum absolute atomic E-state index is 13.4. The number of benzene rings is 3. The van der Waals surface area contributed by atoms with E-state index >= 15 is 0 Å². The molecule has 1 fully saturated rings. The van der Waals surface area contributed by atoms with Crippen LogP contribution in [0.3, 0.4) is 0 Å². The van der Waals surface area contributed by atoms with E-state index in [0.29, 0.717) is 47.3 Å². The zero-order valence-electron chi connectivity index (χ0n) is 27.5. The van der Waals surface area contributed by atoms with Crippen LogP contribution in [0.4, 0.5) is 5.00 Å². The van der Waals surface area contributed by atoms with Crippen LogP contribution in [0, 0.1) is 11.3 Å². The van der Waals surface area contributed by atoms with Crippen LogP contribution in [0.25, 0.3) is 10.8 Å². The Morgan fingerprint density at radius 3 is 2.62 bits per heavy atom. The number of thioether (sulfide) groups is 1. The molecule has 3 aromatic carbocycles. The third kappa shape index (κ3) is 7.73. The molecule has 1 aromatic heterocycles. The number of hydrogen-bond donors (Lipinski definition) is 1. The molecule has 0 spiro atoms. The average molecular weight is 677 g/mol. The fourth-order valence-corrected chi connectivity index (χ4v) is 9.14. The molecule has 9 heteroatoms. The van der Waals surface area contributed by atoms with Crippen LogP contribution in [-0.2, 0) is 23.5 Å². The van der Waals surface area contributed by atoms with Gasteiger partial charge in [0.05, 0.1) is 12.1 Å². The SMILES string of the molecule is CC(C)=CC(=O)c1ccccc1CSC1CCCN(CCC(=O)N2CCc3c(sc(NC(=O)c4cccc5ccccc45)c3C#N)C2)C1. The van der Waals surface area contributed by atoms with Gasteiger partial charge in [0.15, 0.2) is 5.78 Å². The van der Waals surface area contributed by atoms with Crippen molar-refractivity contribution in [1.82, 2.24) is 9.80 Å². The quantitative estimate of drug-likeness (QED) is 0.136. The van der Waals surface area contributed by atoms with Gasteiger partial charge in [0.1, 0.15) is 11.1 Å². The number of nitrogens with zero attached hydrogens (tertiary/aromatic N) is 3. The standard InChI is InChI=1S/C39H40N4O3S2/c1-26(2)21-35(44)31-14-6-4-10-28(31)25-47-29-12-8-18-42(23-29)19-17-37(45)43-20-16-32-34(22-40)39(48-36(32)24-43)41-38(46)33-15-7-11-27-9-3-5-13-30(27)33/h3-7,9-11,13-15,21,29H,8,12,16-20,23-25H2,1-2H3,(H,41,46). The minimum absolute atomic E-state index is 0.0631. The van der Waals surface area contributed by atoms with Gasteiger partial charge in [-0.2, -0.15) is 17.0 Å². The minimum atomic E-state index is -0.241. The first-order valence-electron chi connectivity index (χ1n) is 16.5. The molecule has 2 amide bonds. The summed E-state index contributed by atoms with van der Waals surface area (Å²) in [6, 6.07) is 23.6. The molecular formula is C39H40N4O3S2. The Morgan fingerprint density at radius 1 is 1.02 bits per heavy atom. The molecule has 0 saturated carbocycles. The molecule has 1 atom stereocenters. The lowest BCUT2D eigenvalue weighted by molar-refractivity contribution is -0.132. The summed E-state index contributed by atoms with van der Waals surface area (Å²) >= 11 is 3.31. The van der Waals surface area contributed by atoms with Crippen molar-refractivity contribution in [2.24, 2.45) is 0 Å². The number of amides is 2. The highest BCUT2D eigenvalue weighted by molar-refractivity contribution is 7.99. The lowest BCUT2D eigenvalue weighted by Crippen LogP contribution is -2.41. The van der Waals surface area contributed by atoms with Crippen molar-refractivity contribution in [3.63, 3.8) is 0 Å². The second kappa shape index (κ2) is 15.3. The van der Waals surface area contributed by atoms with Gasteiger partial charge < -0.3 is 15.1 Å². The smallest absolute Gasteiger partial charge is 0.256 e. The van der Waals surface area contributed by atoms with E-state index in [4.69, 9.17) is 0 Å². The monoisotopic (exact) mass is 676 g/mol. The van der Waals surface area contributed by atoms with E-state index < -0.39 is 0 Å². The van der Waals surface area contributed by atoms with Crippen LogP contribution < -0.4 is 5.32 Å². The molecule has 1 N–H and O–H groups in total. The Kier molecular flexibility index (Phi) is 10.8. The minimum Gasteiger partial charge on any atom is -0.337 e. The van der Waals surface area contributed by atoms with E-state index in [0.717, 1.165) is 76.1 Å². The molecule has 1 saturated heterocycles. The Balaban J connectivity index is 1.03. The topological polar surface area (TPSA) is 93.5 Å². The van der Waals surface area contributed by atoms with E-state index in [2.05, 4.69) is 22.4 Å². The van der Waals surface area contributed by atoms with Gasteiger partial charge in [-0.3, -0.25) is 14.4 Å². The van der Waals surface area contributed by atoms with Crippen molar-refractivity contribution in [3.8, 4) is 6.07 Å². The van der Waals surface area contributed by atoms with Crippen molar-refractivity contribution in [3.05, 3.63) is 111 Å². The molecule has 0 aliphatic carbocycles. The fourth-order valence-electron chi connectivity index (χ4n) is 6.61. The predicted molar refractivity (Wildman–Crippen MR) is 196 cm³/mol. The number of anilines is 1. The van der Waals surface area contributed by atoms with E-state index in [-0.39, 0.29) is 17.6 Å². The van der Waals surface area contributed by atoms with Crippen LogP contribution in [0.1, 0.15) is 75.4 Å². The second-order valence-electron chi connectivity index (χ2n) is 12.7. The first-order valence-corrected chi connectivity index (χ1v) is 18.4. The van der Waals surface area contributed by atoms with Crippen molar-refractivity contribution >= 4 is 56.5 Å². The molecule has 4 aromatic rings. The summed E-state index contributed by atoms with van der Waals surface area (Å²) in [7, 11) is 0. The number of nitriles is 1. The summed E-state index contributed by atoms with van der Waals surface area (Å²) in [6.45, 7) is 7.55. The van der Waals surface area contributed by atoms with Crippen molar-refractivity contribution in [2.45, 2.75) is 57.1 Å². The number of likely N-dealkylation sites (tertiary alicyclic amines) is 1. The summed E-state index contributed by atoms with van der Waals surface area (Å²) in [5.74, 6) is 0.736. The zero-order valence-corrected chi connectivity index (χ0v) is 29.1. The molecule has 48 heavy (non-hydrogen) atoms. The highest BCUT2D eigenvalue weighted by Gasteiger charge is 2.29. The van der Waals surface area contributed by atoms with Crippen LogP contribution in [0.15, 0.2) is 78.4 Å². The molecule has 6 rings (SSSR count). The molecule has 7 nitrogen and oxygen atoms in total. The van der Waals surface area contributed by atoms with E-state index in [1.165, 1.54) is 11.3 Å². The summed E-state index contributed by atoms with van der Waals surface area (Å²) < 4.78 is 0. The van der Waals surface area contributed by atoms with Crippen LogP contribution in [0.5, 0.6) is 0 Å². The maximum atomic E-state index is 13.4. The Morgan fingerprint density at radius 2 is 1.79 bits per heavy atom. The summed E-state index contributed by atoms with van der Waals surface area (Å²) in [5.41, 5.74) is 4.87. The highest BCUT2D eigenvalue weighted by atomic mass is 32.2. The Hall–Kier alpha value is -4.23. The molecule has 2 aliphatic heterocycles. The number of rotatable bonds is 10. The van der Waals surface area contributed by atoms with Crippen molar-refractivity contribution in [2.75, 3.05) is 31.5 Å². The lowest BCUT2D eigenvalue weighted by atomic mass is 10.0. The number of carbonyl (C=O) groups is 3. The van der Waals surface area contributed by atoms with Gasteiger partial charge in [-0.1, -0.05) is 66.2 Å². The molecule has 2 aliphatic rings. The van der Waals surface area contributed by atoms with Gasteiger partial charge in [0.25, 0.3) is 5.91 Å². The molecule has 0 bridgehead atoms. The largest absolute Gasteiger partial charge is 0.337 e. The Labute approximate surface area is 290 Å². The van der Waals surface area contributed by atoms with Gasteiger partial charge in [-0.25, -0.2) is 0 Å². The third-order valence-corrected chi connectivity index (χ3v) is 11.5. The normalized spacial score (nSPS) is 16.2. The number of fused-ring (bicyclic) bond motifs is 2. The maximum Gasteiger partial charge on any atom is 0.256 e.